The molecule has 1 heterocycles. The predicted octanol–water partition coefficient (Wildman–Crippen LogP) is 4.42. The van der Waals surface area contributed by atoms with Crippen LogP contribution in [0.4, 0.5) is 4.79 Å². The molecule has 9 nitrogen and oxygen atoms in total. The van der Waals surface area contributed by atoms with E-state index < -0.39 is 43.8 Å². The van der Waals surface area contributed by atoms with Gasteiger partial charge in [-0.2, -0.15) is 0 Å². The van der Waals surface area contributed by atoms with Crippen LogP contribution in [0.15, 0.2) is 18.2 Å². The molecule has 10 heteroatoms. The number of hydroxylamine groups is 2. The van der Waals surface area contributed by atoms with Crippen molar-refractivity contribution in [2.75, 3.05) is 0 Å². The molecular weight excluding hydrogens is 468 g/mol. The number of carbonyl (C=O) groups is 4. The van der Waals surface area contributed by atoms with Crippen molar-refractivity contribution in [2.45, 2.75) is 97.5 Å². The van der Waals surface area contributed by atoms with Crippen molar-refractivity contribution in [3.63, 3.8) is 0 Å². The zero-order valence-electron chi connectivity index (χ0n) is 22.2. The molecule has 1 aliphatic heterocycles. The van der Waals surface area contributed by atoms with Crippen molar-refractivity contribution in [2.24, 2.45) is 0 Å². The Labute approximate surface area is 208 Å². The maximum absolute atomic E-state index is 12.9. The van der Waals surface area contributed by atoms with Crippen LogP contribution in [0.1, 0.15) is 65.5 Å². The second-order valence-electron chi connectivity index (χ2n) is 11.4. The highest BCUT2D eigenvalue weighted by molar-refractivity contribution is 6.74. The lowest BCUT2D eigenvalue weighted by Gasteiger charge is -2.37. The van der Waals surface area contributed by atoms with Gasteiger partial charge in [-0.1, -0.05) is 32.9 Å². The molecule has 0 saturated carbocycles. The molecule has 1 fully saturated rings. The average molecular weight is 507 g/mol. The Bertz CT molecular complexity index is 977. The Morgan fingerprint density at radius 3 is 2.11 bits per heavy atom. The molecule has 0 aliphatic carbocycles. The van der Waals surface area contributed by atoms with E-state index in [0.717, 1.165) is 16.9 Å². The molecule has 2 rings (SSSR count). The first-order valence-corrected chi connectivity index (χ1v) is 14.7. The van der Waals surface area contributed by atoms with Crippen LogP contribution in [0.5, 0.6) is 5.75 Å². The minimum atomic E-state index is -2.04. The number of hydrogen-bond donors (Lipinski definition) is 1. The lowest BCUT2D eigenvalue weighted by molar-refractivity contribution is -0.198. The third kappa shape index (κ3) is 7.81. The van der Waals surface area contributed by atoms with E-state index in [0.29, 0.717) is 5.06 Å². The number of hydrogen-bond acceptors (Lipinski definition) is 7. The second kappa shape index (κ2) is 10.4. The summed E-state index contributed by atoms with van der Waals surface area (Å²) >= 11 is 0. The van der Waals surface area contributed by atoms with Crippen molar-refractivity contribution in [1.82, 2.24) is 10.4 Å². The van der Waals surface area contributed by atoms with E-state index in [1.807, 2.05) is 25.1 Å². The summed E-state index contributed by atoms with van der Waals surface area (Å²) in [5.74, 6) is -1.35. The summed E-state index contributed by atoms with van der Waals surface area (Å²) in [7, 11) is -2.04. The fraction of sp³-hybridized carbons (Fsp3) is 0.600. The molecule has 1 saturated heterocycles. The van der Waals surface area contributed by atoms with Crippen LogP contribution in [0, 0.1) is 6.92 Å². The Hall–Kier alpha value is -2.88. The van der Waals surface area contributed by atoms with Crippen molar-refractivity contribution in [3.05, 3.63) is 29.3 Å². The second-order valence-corrected chi connectivity index (χ2v) is 16.1. The van der Waals surface area contributed by atoms with Crippen molar-refractivity contribution < 1.29 is 33.2 Å². The average Bonchev–Trinajstić information content (AvgIpc) is 2.99. The quantitative estimate of drug-likeness (QED) is 0.430. The maximum atomic E-state index is 12.9. The summed E-state index contributed by atoms with van der Waals surface area (Å²) in [5.41, 5.74) is 0.849. The number of benzene rings is 1. The number of rotatable bonds is 7. The number of imide groups is 1. The lowest BCUT2D eigenvalue weighted by atomic mass is 10.0. The van der Waals surface area contributed by atoms with Gasteiger partial charge in [0.25, 0.3) is 11.8 Å². The minimum Gasteiger partial charge on any atom is -0.543 e. The number of aryl methyl sites for hydroxylation is 1. The summed E-state index contributed by atoms with van der Waals surface area (Å²) in [4.78, 5) is 54.1. The van der Waals surface area contributed by atoms with Crippen LogP contribution >= 0.6 is 0 Å². The molecule has 194 valence electrons. The third-order valence-electron chi connectivity index (χ3n) is 6.01. The van der Waals surface area contributed by atoms with Gasteiger partial charge < -0.3 is 19.3 Å². The zero-order valence-corrected chi connectivity index (χ0v) is 23.2. The van der Waals surface area contributed by atoms with Crippen LogP contribution in [-0.4, -0.2) is 48.9 Å². The SMILES string of the molecule is Cc1cc(CC(NC(=O)OC(C)(C)C)C(=O)ON2C(=O)CCC2=O)ccc1O[Si](C)(C)C(C)(C)C. The van der Waals surface area contributed by atoms with Gasteiger partial charge in [0.15, 0.2) is 0 Å². The summed E-state index contributed by atoms with van der Waals surface area (Å²) < 4.78 is 11.7. The summed E-state index contributed by atoms with van der Waals surface area (Å²) in [6.45, 7) is 17.8. The van der Waals surface area contributed by atoms with Crippen LogP contribution in [0.2, 0.25) is 18.1 Å². The molecule has 1 aromatic carbocycles. The van der Waals surface area contributed by atoms with Crippen LogP contribution < -0.4 is 9.74 Å². The van der Waals surface area contributed by atoms with Gasteiger partial charge in [-0.15, -0.1) is 5.06 Å². The van der Waals surface area contributed by atoms with E-state index in [1.165, 1.54) is 0 Å². The molecule has 35 heavy (non-hydrogen) atoms. The highest BCUT2D eigenvalue weighted by Crippen LogP contribution is 2.38. The summed E-state index contributed by atoms with van der Waals surface area (Å²) in [5, 5.41) is 3.01. The Morgan fingerprint density at radius 2 is 1.63 bits per heavy atom. The van der Waals surface area contributed by atoms with Gasteiger partial charge in [0.2, 0.25) is 8.32 Å². The lowest BCUT2D eigenvalue weighted by Crippen LogP contribution is -2.48. The molecule has 0 aromatic heterocycles. The largest absolute Gasteiger partial charge is 0.543 e. The molecule has 1 aromatic rings. The van der Waals surface area contributed by atoms with E-state index in [9.17, 15) is 19.2 Å². The number of ether oxygens (including phenoxy) is 1. The Balaban J connectivity index is 2.24. The van der Waals surface area contributed by atoms with Gasteiger partial charge in [0.05, 0.1) is 0 Å². The van der Waals surface area contributed by atoms with E-state index in [2.05, 4.69) is 39.2 Å². The van der Waals surface area contributed by atoms with Gasteiger partial charge in [0.1, 0.15) is 17.4 Å². The Kier molecular flexibility index (Phi) is 8.42. The van der Waals surface area contributed by atoms with Crippen molar-refractivity contribution >= 4 is 32.2 Å². The molecule has 0 spiro atoms. The molecular formula is C25H38N2O7Si. The van der Waals surface area contributed by atoms with Gasteiger partial charge >= 0.3 is 12.1 Å². The molecule has 1 atom stereocenters. The van der Waals surface area contributed by atoms with Gasteiger partial charge in [-0.3, -0.25) is 9.59 Å². The summed E-state index contributed by atoms with van der Waals surface area (Å²) in [6, 6.07) is 4.37. The highest BCUT2D eigenvalue weighted by Gasteiger charge is 2.39. The number of alkyl carbamates (subject to hydrolysis) is 1. The molecule has 3 amide bonds. The minimum absolute atomic E-state index is 0.0227. The number of nitrogens with zero attached hydrogens (tertiary/aromatic N) is 1. The molecule has 1 N–H and O–H groups in total. The van der Waals surface area contributed by atoms with Crippen molar-refractivity contribution in [1.29, 1.82) is 0 Å². The predicted molar refractivity (Wildman–Crippen MR) is 133 cm³/mol. The van der Waals surface area contributed by atoms with E-state index in [-0.39, 0.29) is 24.3 Å². The topological polar surface area (TPSA) is 111 Å². The van der Waals surface area contributed by atoms with E-state index in [1.54, 1.807) is 20.8 Å². The standard InChI is InChI=1S/C25H38N2O7Si/c1-16-14-17(10-11-19(16)34-35(8,9)25(5,6)7)15-18(26-23(31)32-24(2,3)4)22(30)33-27-20(28)12-13-21(27)29/h10-11,14,18H,12-13,15H2,1-9H3,(H,26,31). The summed E-state index contributed by atoms with van der Waals surface area (Å²) in [6.07, 6.45) is -0.792. The monoisotopic (exact) mass is 506 g/mol. The molecule has 1 aliphatic rings. The Morgan fingerprint density at radius 1 is 1.06 bits per heavy atom. The number of carbonyl (C=O) groups excluding carboxylic acids is 4. The van der Waals surface area contributed by atoms with Gasteiger partial charge in [-0.25, -0.2) is 9.59 Å². The number of nitrogens with one attached hydrogen (secondary N) is 1. The molecule has 0 bridgehead atoms. The third-order valence-corrected chi connectivity index (χ3v) is 10.4. The van der Waals surface area contributed by atoms with Crippen molar-refractivity contribution in [3.8, 4) is 5.75 Å². The number of amides is 3. The highest BCUT2D eigenvalue weighted by atomic mass is 28.4. The van der Waals surface area contributed by atoms with Crippen LogP contribution in [0.25, 0.3) is 0 Å². The van der Waals surface area contributed by atoms with Crippen LogP contribution in [0.3, 0.4) is 0 Å². The van der Waals surface area contributed by atoms with E-state index in [4.69, 9.17) is 14.0 Å². The maximum Gasteiger partial charge on any atom is 0.408 e. The first-order valence-electron chi connectivity index (χ1n) is 11.8. The fourth-order valence-electron chi connectivity index (χ4n) is 3.07. The van der Waals surface area contributed by atoms with Gasteiger partial charge in [0, 0.05) is 19.3 Å². The van der Waals surface area contributed by atoms with E-state index >= 15 is 0 Å². The zero-order chi connectivity index (χ0) is 26.8. The first-order chi connectivity index (χ1) is 15.9. The smallest absolute Gasteiger partial charge is 0.408 e. The normalized spacial score (nSPS) is 15.6. The van der Waals surface area contributed by atoms with Crippen LogP contribution in [-0.2, 0) is 30.4 Å². The first kappa shape index (κ1) is 28.4. The fourth-order valence-corrected chi connectivity index (χ4v) is 4.16. The molecule has 0 radical (unpaired) electrons. The van der Waals surface area contributed by atoms with Gasteiger partial charge in [-0.05, 0) is 63.0 Å². The molecule has 1 unspecified atom stereocenters.